The second kappa shape index (κ2) is 6.15. The van der Waals surface area contributed by atoms with E-state index in [0.29, 0.717) is 6.54 Å². The van der Waals surface area contributed by atoms with E-state index in [9.17, 15) is 15.3 Å². The van der Waals surface area contributed by atoms with Crippen LogP contribution in [0, 0.1) is 6.92 Å². The molecule has 0 amide bonds. The third kappa shape index (κ3) is 2.65. The van der Waals surface area contributed by atoms with Gasteiger partial charge in [-0.2, -0.15) is 0 Å². The number of phenolic OH excluding ortho intramolecular Hbond substituents is 3. The van der Waals surface area contributed by atoms with Crippen molar-refractivity contribution in [1.29, 1.82) is 0 Å². The van der Waals surface area contributed by atoms with Gasteiger partial charge in [-0.15, -0.1) is 0 Å². The van der Waals surface area contributed by atoms with Crippen LogP contribution in [-0.2, 0) is 6.54 Å². The Morgan fingerprint density at radius 3 is 2.31 bits per heavy atom. The summed E-state index contributed by atoms with van der Waals surface area (Å²) in [5.74, 6) is -0.0754. The van der Waals surface area contributed by atoms with Crippen molar-refractivity contribution in [2.24, 2.45) is 0 Å². The lowest BCUT2D eigenvalue weighted by Crippen LogP contribution is -2.02. The normalized spacial score (nSPS) is 11.1. The zero-order valence-corrected chi connectivity index (χ0v) is 14.3. The second-order valence-corrected chi connectivity index (χ2v) is 6.45. The molecule has 0 saturated carbocycles. The second-order valence-electron chi connectivity index (χ2n) is 6.45. The summed E-state index contributed by atoms with van der Waals surface area (Å²) in [5.41, 5.74) is 4.93. The lowest BCUT2D eigenvalue weighted by Gasteiger charge is -2.13. The molecule has 0 fully saturated rings. The van der Waals surface area contributed by atoms with Gasteiger partial charge in [0, 0.05) is 23.0 Å². The van der Waals surface area contributed by atoms with Crippen molar-refractivity contribution in [3.63, 3.8) is 0 Å². The number of aromatic nitrogens is 1. The quantitative estimate of drug-likeness (QED) is 0.468. The molecule has 4 heteroatoms. The zero-order valence-electron chi connectivity index (χ0n) is 14.3. The first-order chi connectivity index (χ1) is 12.5. The SMILES string of the molecule is Cc1c(-c2ccc(O)c(O)c2)n(Cc2ccccc2)c2ccc(O)cc12. The lowest BCUT2D eigenvalue weighted by atomic mass is 10.1. The minimum absolute atomic E-state index is 0.144. The number of nitrogens with zero attached hydrogens (tertiary/aromatic N) is 1. The lowest BCUT2D eigenvalue weighted by molar-refractivity contribution is 0.404. The van der Waals surface area contributed by atoms with Gasteiger partial charge in [0.15, 0.2) is 11.5 Å². The van der Waals surface area contributed by atoms with Crippen molar-refractivity contribution in [2.45, 2.75) is 13.5 Å². The minimum atomic E-state index is -0.152. The Morgan fingerprint density at radius 1 is 0.808 bits per heavy atom. The number of fused-ring (bicyclic) bond motifs is 1. The van der Waals surface area contributed by atoms with E-state index in [1.165, 1.54) is 6.07 Å². The number of aryl methyl sites for hydroxylation is 1. The molecule has 130 valence electrons. The molecule has 1 heterocycles. The van der Waals surface area contributed by atoms with Crippen molar-refractivity contribution >= 4 is 10.9 Å². The van der Waals surface area contributed by atoms with E-state index in [-0.39, 0.29) is 17.2 Å². The summed E-state index contributed by atoms with van der Waals surface area (Å²) in [6.45, 7) is 2.66. The first kappa shape index (κ1) is 16.1. The summed E-state index contributed by atoms with van der Waals surface area (Å²) < 4.78 is 2.17. The van der Waals surface area contributed by atoms with Crippen LogP contribution in [-0.4, -0.2) is 19.9 Å². The number of hydrogen-bond acceptors (Lipinski definition) is 3. The first-order valence-corrected chi connectivity index (χ1v) is 8.42. The van der Waals surface area contributed by atoms with Gasteiger partial charge in [-0.1, -0.05) is 30.3 Å². The molecule has 4 aromatic rings. The van der Waals surface area contributed by atoms with E-state index in [1.807, 2.05) is 31.2 Å². The molecule has 4 rings (SSSR count). The maximum absolute atomic E-state index is 9.95. The Kier molecular flexibility index (Phi) is 3.81. The molecule has 4 nitrogen and oxygen atoms in total. The van der Waals surface area contributed by atoms with Crippen LogP contribution in [0.5, 0.6) is 17.2 Å². The van der Waals surface area contributed by atoms with Crippen molar-refractivity contribution in [1.82, 2.24) is 4.57 Å². The summed E-state index contributed by atoms with van der Waals surface area (Å²) >= 11 is 0. The maximum Gasteiger partial charge on any atom is 0.158 e. The molecule has 0 spiro atoms. The van der Waals surface area contributed by atoms with Crippen molar-refractivity contribution < 1.29 is 15.3 Å². The average molecular weight is 345 g/mol. The molecule has 0 unspecified atom stereocenters. The van der Waals surface area contributed by atoms with Crippen LogP contribution < -0.4 is 0 Å². The van der Waals surface area contributed by atoms with Crippen LogP contribution in [0.15, 0.2) is 66.7 Å². The fourth-order valence-electron chi connectivity index (χ4n) is 3.48. The topological polar surface area (TPSA) is 65.6 Å². The predicted octanol–water partition coefficient (Wildman–Crippen LogP) is 4.78. The average Bonchev–Trinajstić information content (AvgIpc) is 2.90. The van der Waals surface area contributed by atoms with Gasteiger partial charge in [-0.05, 0) is 54.4 Å². The molecule has 1 aromatic heterocycles. The molecular weight excluding hydrogens is 326 g/mol. The molecule has 3 N–H and O–H groups in total. The van der Waals surface area contributed by atoms with Crippen LogP contribution in [0.2, 0.25) is 0 Å². The van der Waals surface area contributed by atoms with Gasteiger partial charge in [-0.3, -0.25) is 0 Å². The first-order valence-electron chi connectivity index (χ1n) is 8.42. The Bertz CT molecular complexity index is 1100. The summed E-state index contributed by atoms with van der Waals surface area (Å²) in [6, 6.07) is 20.3. The van der Waals surface area contributed by atoms with Gasteiger partial charge in [-0.25, -0.2) is 0 Å². The Labute approximate surface area is 151 Å². The van der Waals surface area contributed by atoms with Crippen LogP contribution in [0.1, 0.15) is 11.1 Å². The predicted molar refractivity (Wildman–Crippen MR) is 103 cm³/mol. The van der Waals surface area contributed by atoms with E-state index in [0.717, 1.165) is 33.3 Å². The Morgan fingerprint density at radius 2 is 1.58 bits per heavy atom. The van der Waals surface area contributed by atoms with Gasteiger partial charge in [0.1, 0.15) is 5.75 Å². The van der Waals surface area contributed by atoms with Gasteiger partial charge in [0.25, 0.3) is 0 Å². The van der Waals surface area contributed by atoms with Gasteiger partial charge in [0.2, 0.25) is 0 Å². The molecule has 0 aliphatic heterocycles. The Hall–Kier alpha value is -3.40. The number of benzene rings is 3. The van der Waals surface area contributed by atoms with Crippen LogP contribution in [0.25, 0.3) is 22.2 Å². The standard InChI is InChI=1S/C22H19NO3/c1-14-18-12-17(24)8-9-19(18)23(13-15-5-3-2-4-6-15)22(14)16-7-10-20(25)21(26)11-16/h2-12,24-26H,13H2,1H3. The van der Waals surface area contributed by atoms with E-state index < -0.39 is 0 Å². The molecule has 0 radical (unpaired) electrons. The van der Waals surface area contributed by atoms with Crippen molar-refractivity contribution in [2.75, 3.05) is 0 Å². The third-order valence-electron chi connectivity index (χ3n) is 4.73. The number of aromatic hydroxyl groups is 3. The molecule has 0 atom stereocenters. The largest absolute Gasteiger partial charge is 0.508 e. The van der Waals surface area contributed by atoms with Crippen LogP contribution >= 0.6 is 0 Å². The van der Waals surface area contributed by atoms with Crippen LogP contribution in [0.4, 0.5) is 0 Å². The molecule has 26 heavy (non-hydrogen) atoms. The van der Waals surface area contributed by atoms with Gasteiger partial charge >= 0.3 is 0 Å². The summed E-state index contributed by atoms with van der Waals surface area (Å²) in [5, 5.41) is 30.5. The smallest absolute Gasteiger partial charge is 0.158 e. The molecule has 0 aliphatic carbocycles. The molecular formula is C22H19NO3. The van der Waals surface area contributed by atoms with E-state index in [1.54, 1.807) is 24.3 Å². The zero-order chi connectivity index (χ0) is 18.3. The highest BCUT2D eigenvalue weighted by Crippen LogP contribution is 2.38. The number of rotatable bonds is 3. The monoisotopic (exact) mass is 345 g/mol. The molecule has 0 saturated heterocycles. The highest BCUT2D eigenvalue weighted by Gasteiger charge is 2.17. The summed E-state index contributed by atoms with van der Waals surface area (Å²) in [6.07, 6.45) is 0. The van der Waals surface area contributed by atoms with E-state index in [2.05, 4.69) is 16.7 Å². The van der Waals surface area contributed by atoms with E-state index >= 15 is 0 Å². The highest BCUT2D eigenvalue weighted by atomic mass is 16.3. The maximum atomic E-state index is 9.95. The molecule has 0 bridgehead atoms. The number of hydrogen-bond donors (Lipinski definition) is 3. The third-order valence-corrected chi connectivity index (χ3v) is 4.73. The fraction of sp³-hybridized carbons (Fsp3) is 0.0909. The summed E-state index contributed by atoms with van der Waals surface area (Å²) in [4.78, 5) is 0. The fourth-order valence-corrected chi connectivity index (χ4v) is 3.48. The summed E-state index contributed by atoms with van der Waals surface area (Å²) in [7, 11) is 0. The highest BCUT2D eigenvalue weighted by molar-refractivity contribution is 5.92. The minimum Gasteiger partial charge on any atom is -0.508 e. The van der Waals surface area contributed by atoms with E-state index in [4.69, 9.17) is 0 Å². The number of phenols is 3. The Balaban J connectivity index is 1.99. The molecule has 0 aliphatic rings. The van der Waals surface area contributed by atoms with Crippen molar-refractivity contribution in [3.05, 3.63) is 77.9 Å². The van der Waals surface area contributed by atoms with Gasteiger partial charge < -0.3 is 19.9 Å². The van der Waals surface area contributed by atoms with Gasteiger partial charge in [0.05, 0.1) is 5.69 Å². The van der Waals surface area contributed by atoms with Crippen LogP contribution in [0.3, 0.4) is 0 Å². The van der Waals surface area contributed by atoms with Crippen molar-refractivity contribution in [3.8, 4) is 28.5 Å². The molecule has 3 aromatic carbocycles.